The zero-order valence-electron chi connectivity index (χ0n) is 20.4. The maximum Gasteiger partial charge on any atom is 0.316 e. The van der Waals surface area contributed by atoms with Crippen molar-refractivity contribution in [1.82, 2.24) is 10.3 Å². The molecule has 1 atom stereocenters. The van der Waals surface area contributed by atoms with Crippen LogP contribution >= 0.6 is 11.6 Å². The number of amides is 1. The number of ether oxygens (including phenoxy) is 1. The lowest BCUT2D eigenvalue weighted by atomic mass is 9.90. The van der Waals surface area contributed by atoms with Crippen LogP contribution in [0.1, 0.15) is 40.0 Å². The van der Waals surface area contributed by atoms with Crippen molar-refractivity contribution in [3.63, 3.8) is 0 Å². The van der Waals surface area contributed by atoms with E-state index >= 15 is 0 Å². The third-order valence-electron chi connectivity index (χ3n) is 6.16. The highest BCUT2D eigenvalue weighted by Crippen LogP contribution is 2.29. The molecule has 4 aromatic rings. The van der Waals surface area contributed by atoms with Crippen LogP contribution in [-0.4, -0.2) is 36.3 Å². The van der Waals surface area contributed by atoms with Crippen LogP contribution in [0.15, 0.2) is 84.9 Å². The molecule has 37 heavy (non-hydrogen) atoms. The van der Waals surface area contributed by atoms with Crippen molar-refractivity contribution < 1.29 is 19.1 Å². The van der Waals surface area contributed by atoms with Crippen LogP contribution in [0.25, 0.3) is 22.2 Å². The highest BCUT2D eigenvalue weighted by atomic mass is 35.5. The van der Waals surface area contributed by atoms with Crippen LogP contribution in [-0.2, 0) is 9.53 Å². The summed E-state index contributed by atoms with van der Waals surface area (Å²) in [7, 11) is 1.28. The largest absolute Gasteiger partial charge is 0.468 e. The molecule has 188 valence electrons. The number of ketones is 1. The van der Waals surface area contributed by atoms with Crippen LogP contribution in [0.2, 0.25) is 5.02 Å². The summed E-state index contributed by atoms with van der Waals surface area (Å²) >= 11 is 6.04. The predicted octanol–water partition coefficient (Wildman–Crippen LogP) is 6.13. The molecule has 1 unspecified atom stereocenters. The SMILES string of the molecule is COC(=O)C(CCCCNC(=O)c1ccccc1)C(=O)c1cc(-c2ccc(Cl)cc2)nc2ccccc12. The van der Waals surface area contributed by atoms with E-state index in [1.165, 1.54) is 7.11 Å². The second-order valence-corrected chi connectivity index (χ2v) is 9.07. The minimum Gasteiger partial charge on any atom is -0.468 e. The molecular formula is C30H27ClN2O4. The van der Waals surface area contributed by atoms with E-state index in [4.69, 9.17) is 21.3 Å². The zero-order chi connectivity index (χ0) is 26.2. The number of benzene rings is 3. The molecule has 0 radical (unpaired) electrons. The van der Waals surface area contributed by atoms with Gasteiger partial charge in [-0.15, -0.1) is 0 Å². The topological polar surface area (TPSA) is 85.4 Å². The molecule has 0 fully saturated rings. The minimum absolute atomic E-state index is 0.154. The number of rotatable bonds is 10. The molecule has 6 nitrogen and oxygen atoms in total. The summed E-state index contributed by atoms with van der Waals surface area (Å²) in [4.78, 5) is 43.4. The number of carbonyl (C=O) groups excluding carboxylic acids is 3. The fourth-order valence-electron chi connectivity index (χ4n) is 4.20. The van der Waals surface area contributed by atoms with Gasteiger partial charge in [0.05, 0.1) is 18.3 Å². The smallest absolute Gasteiger partial charge is 0.316 e. The summed E-state index contributed by atoms with van der Waals surface area (Å²) < 4.78 is 4.99. The van der Waals surface area contributed by atoms with Gasteiger partial charge in [-0.3, -0.25) is 14.4 Å². The van der Waals surface area contributed by atoms with E-state index in [9.17, 15) is 14.4 Å². The Kier molecular flexibility index (Phi) is 8.64. The first-order chi connectivity index (χ1) is 18.0. The molecule has 0 spiro atoms. The average molecular weight is 515 g/mol. The monoisotopic (exact) mass is 514 g/mol. The molecule has 0 saturated carbocycles. The fourth-order valence-corrected chi connectivity index (χ4v) is 4.33. The van der Waals surface area contributed by atoms with E-state index in [2.05, 4.69) is 5.32 Å². The number of carbonyl (C=O) groups is 3. The van der Waals surface area contributed by atoms with Crippen LogP contribution in [0, 0.1) is 5.92 Å². The minimum atomic E-state index is -0.960. The number of nitrogens with one attached hydrogen (secondary N) is 1. The van der Waals surface area contributed by atoms with Gasteiger partial charge in [-0.2, -0.15) is 0 Å². The molecule has 0 aliphatic heterocycles. The summed E-state index contributed by atoms with van der Waals surface area (Å²) in [6.07, 6.45) is 1.49. The summed E-state index contributed by atoms with van der Waals surface area (Å²) in [6, 6.07) is 25.3. The van der Waals surface area contributed by atoms with Crippen molar-refractivity contribution in [3.05, 3.63) is 101 Å². The highest BCUT2D eigenvalue weighted by molar-refractivity contribution is 6.30. The Hall–Kier alpha value is -4.03. The lowest BCUT2D eigenvalue weighted by Crippen LogP contribution is -2.27. The number of esters is 1. The average Bonchev–Trinajstić information content (AvgIpc) is 2.94. The molecule has 3 aromatic carbocycles. The van der Waals surface area contributed by atoms with Gasteiger partial charge in [0.1, 0.15) is 5.92 Å². The predicted molar refractivity (Wildman–Crippen MR) is 145 cm³/mol. The van der Waals surface area contributed by atoms with Gasteiger partial charge in [0, 0.05) is 33.6 Å². The number of Topliss-reactive ketones (excluding diaryl/α,β-unsaturated/α-hetero) is 1. The van der Waals surface area contributed by atoms with E-state index in [1.54, 1.807) is 30.3 Å². The summed E-state index contributed by atoms with van der Waals surface area (Å²) in [6.45, 7) is 0.439. The molecule has 0 aliphatic rings. The Labute approximate surface area is 220 Å². The first-order valence-corrected chi connectivity index (χ1v) is 12.5. The van der Waals surface area contributed by atoms with E-state index < -0.39 is 11.9 Å². The van der Waals surface area contributed by atoms with Crippen LogP contribution < -0.4 is 5.32 Å². The Morgan fingerprint density at radius 1 is 0.919 bits per heavy atom. The molecule has 1 aromatic heterocycles. The number of para-hydroxylation sites is 1. The molecule has 1 N–H and O–H groups in total. The van der Waals surface area contributed by atoms with Crippen molar-refractivity contribution in [3.8, 4) is 11.3 Å². The summed E-state index contributed by atoms with van der Waals surface area (Å²) in [5.41, 5.74) is 3.10. The molecule has 1 amide bonds. The normalized spacial score (nSPS) is 11.6. The van der Waals surface area contributed by atoms with E-state index in [-0.39, 0.29) is 11.7 Å². The van der Waals surface area contributed by atoms with Gasteiger partial charge in [0.25, 0.3) is 5.91 Å². The number of pyridine rings is 1. The summed E-state index contributed by atoms with van der Waals surface area (Å²) in [5, 5.41) is 4.15. The van der Waals surface area contributed by atoms with Crippen LogP contribution in [0.5, 0.6) is 0 Å². The van der Waals surface area contributed by atoms with Gasteiger partial charge < -0.3 is 10.1 Å². The third kappa shape index (κ3) is 6.40. The lowest BCUT2D eigenvalue weighted by molar-refractivity contribution is -0.143. The molecule has 0 aliphatic carbocycles. The highest BCUT2D eigenvalue weighted by Gasteiger charge is 2.30. The Morgan fingerprint density at radius 3 is 2.35 bits per heavy atom. The van der Waals surface area contributed by atoms with Gasteiger partial charge in [-0.05, 0) is 49.2 Å². The second kappa shape index (κ2) is 12.3. The van der Waals surface area contributed by atoms with Gasteiger partial charge >= 0.3 is 5.97 Å². The van der Waals surface area contributed by atoms with Gasteiger partial charge in [-0.1, -0.05) is 66.6 Å². The standard InChI is InChI=1S/C30H27ClN2O4/c1-37-30(36)24(12-7-8-18-32-29(35)21-9-3-2-4-10-21)28(34)25-19-27(20-14-16-22(31)17-15-20)33-26-13-6-5-11-23(25)26/h2-6,9-11,13-17,19,24H,7-8,12,18H2,1H3,(H,32,35). The van der Waals surface area contributed by atoms with Crippen molar-refractivity contribution in [2.75, 3.05) is 13.7 Å². The molecule has 1 heterocycles. The number of halogens is 1. The quantitative estimate of drug-likeness (QED) is 0.119. The Bertz CT molecular complexity index is 1400. The molecule has 7 heteroatoms. The lowest BCUT2D eigenvalue weighted by Gasteiger charge is -2.16. The number of hydrogen-bond acceptors (Lipinski definition) is 5. The van der Waals surface area contributed by atoms with Gasteiger partial charge in [-0.25, -0.2) is 4.98 Å². The molecular weight excluding hydrogens is 488 g/mol. The maximum absolute atomic E-state index is 13.7. The van der Waals surface area contributed by atoms with Gasteiger partial charge in [0.15, 0.2) is 5.78 Å². The zero-order valence-corrected chi connectivity index (χ0v) is 21.2. The Balaban J connectivity index is 1.51. The van der Waals surface area contributed by atoms with Gasteiger partial charge in [0.2, 0.25) is 0 Å². The third-order valence-corrected chi connectivity index (χ3v) is 6.42. The first kappa shape index (κ1) is 26.0. The van der Waals surface area contributed by atoms with Crippen molar-refractivity contribution in [2.24, 2.45) is 5.92 Å². The number of fused-ring (bicyclic) bond motifs is 1. The molecule has 0 bridgehead atoms. The fraction of sp³-hybridized carbons (Fsp3) is 0.200. The molecule has 0 saturated heterocycles. The van der Waals surface area contributed by atoms with Crippen LogP contribution in [0.4, 0.5) is 0 Å². The van der Waals surface area contributed by atoms with Crippen molar-refractivity contribution in [1.29, 1.82) is 0 Å². The number of aromatic nitrogens is 1. The first-order valence-electron chi connectivity index (χ1n) is 12.1. The second-order valence-electron chi connectivity index (χ2n) is 8.64. The maximum atomic E-state index is 13.7. The number of nitrogens with zero attached hydrogens (tertiary/aromatic N) is 1. The number of methoxy groups -OCH3 is 1. The number of unbranched alkanes of at least 4 members (excludes halogenated alkanes) is 1. The summed E-state index contributed by atoms with van der Waals surface area (Å²) in [5.74, 6) is -2.00. The van der Waals surface area contributed by atoms with E-state index in [0.717, 1.165) is 5.56 Å². The Morgan fingerprint density at radius 2 is 1.62 bits per heavy atom. The van der Waals surface area contributed by atoms with Crippen LogP contribution in [0.3, 0.4) is 0 Å². The molecule has 4 rings (SSSR count). The number of hydrogen-bond donors (Lipinski definition) is 1. The van der Waals surface area contributed by atoms with E-state index in [1.807, 2.05) is 54.6 Å². The van der Waals surface area contributed by atoms with E-state index in [0.29, 0.717) is 58.6 Å². The van der Waals surface area contributed by atoms with Crippen molar-refractivity contribution in [2.45, 2.75) is 19.3 Å². The van der Waals surface area contributed by atoms with Crippen molar-refractivity contribution >= 4 is 40.2 Å².